The fraction of sp³-hybridized carbons (Fsp3) is 0.385. The Morgan fingerprint density at radius 3 is 2.72 bits per heavy atom. The lowest BCUT2D eigenvalue weighted by atomic mass is 10.2. The van der Waals surface area contributed by atoms with E-state index in [1.807, 2.05) is 13.8 Å². The van der Waals surface area contributed by atoms with Crippen molar-refractivity contribution in [3.05, 3.63) is 29.8 Å². The second-order valence-electron chi connectivity index (χ2n) is 4.23. The first kappa shape index (κ1) is 14.0. The quantitative estimate of drug-likeness (QED) is 0.610. The molecule has 0 saturated carbocycles. The van der Waals surface area contributed by atoms with Crippen molar-refractivity contribution in [2.24, 2.45) is 0 Å². The van der Waals surface area contributed by atoms with Crippen LogP contribution in [0.15, 0.2) is 24.3 Å². The van der Waals surface area contributed by atoms with E-state index in [4.69, 9.17) is 10.5 Å². The monoisotopic (exact) mass is 250 g/mol. The molecule has 5 heteroatoms. The molecule has 0 radical (unpaired) electrons. The largest absolute Gasteiger partial charge is 0.462 e. The minimum Gasteiger partial charge on any atom is -0.462 e. The van der Waals surface area contributed by atoms with Gasteiger partial charge in [-0.25, -0.2) is 4.79 Å². The first-order chi connectivity index (χ1) is 8.49. The summed E-state index contributed by atoms with van der Waals surface area (Å²) in [6.07, 6.45) is 0.159. The van der Waals surface area contributed by atoms with Crippen LogP contribution in [0, 0.1) is 0 Å². The summed E-state index contributed by atoms with van der Waals surface area (Å²) < 4.78 is 4.98. The molecule has 0 aliphatic heterocycles. The molecule has 18 heavy (non-hydrogen) atoms. The van der Waals surface area contributed by atoms with E-state index in [9.17, 15) is 9.59 Å². The van der Waals surface area contributed by atoms with E-state index >= 15 is 0 Å². The third-order valence-electron chi connectivity index (χ3n) is 2.13. The summed E-state index contributed by atoms with van der Waals surface area (Å²) in [6.45, 7) is 3.81. The normalized spacial score (nSPS) is 10.2. The highest BCUT2D eigenvalue weighted by molar-refractivity contribution is 5.90. The molecule has 98 valence electrons. The number of rotatable bonds is 5. The molecule has 1 aromatic carbocycles. The van der Waals surface area contributed by atoms with E-state index in [0.29, 0.717) is 11.3 Å². The van der Waals surface area contributed by atoms with Crippen molar-refractivity contribution < 1.29 is 14.3 Å². The van der Waals surface area contributed by atoms with Crippen LogP contribution in [0.2, 0.25) is 0 Å². The number of nitrogens with two attached hydrogens (primary N) is 1. The molecule has 1 amide bonds. The molecule has 1 rings (SSSR count). The molecule has 0 heterocycles. The Bertz CT molecular complexity index is 430. The number of carbonyl (C=O) groups excluding carboxylic acids is 2. The van der Waals surface area contributed by atoms with E-state index in [1.54, 1.807) is 18.2 Å². The molecule has 3 N–H and O–H groups in total. The van der Waals surface area contributed by atoms with Crippen molar-refractivity contribution in [1.82, 2.24) is 5.32 Å². The Morgan fingerprint density at radius 2 is 2.11 bits per heavy atom. The Kier molecular flexibility index (Phi) is 5.17. The Hall–Kier alpha value is -2.04. The number of anilines is 1. The zero-order chi connectivity index (χ0) is 13.5. The molecule has 0 saturated heterocycles. The van der Waals surface area contributed by atoms with Crippen molar-refractivity contribution in [2.75, 3.05) is 12.3 Å². The number of hydrogen-bond donors (Lipinski definition) is 2. The average Bonchev–Trinajstić information content (AvgIpc) is 2.27. The maximum Gasteiger partial charge on any atom is 0.338 e. The third-order valence-corrected chi connectivity index (χ3v) is 2.13. The lowest BCUT2D eigenvalue weighted by Crippen LogP contribution is -2.31. The fourth-order valence-electron chi connectivity index (χ4n) is 1.38. The summed E-state index contributed by atoms with van der Waals surface area (Å²) in [5.74, 6) is -0.606. The molecular formula is C13H18N2O3. The zero-order valence-electron chi connectivity index (χ0n) is 10.6. The molecule has 5 nitrogen and oxygen atoms in total. The Morgan fingerprint density at radius 1 is 1.39 bits per heavy atom. The highest BCUT2D eigenvalue weighted by atomic mass is 16.5. The van der Waals surface area contributed by atoms with Gasteiger partial charge in [-0.15, -0.1) is 0 Å². The molecular weight excluding hydrogens is 232 g/mol. The molecule has 0 aliphatic rings. The second kappa shape index (κ2) is 6.64. The van der Waals surface area contributed by atoms with Gasteiger partial charge in [0.1, 0.15) is 6.61 Å². The molecule has 0 bridgehead atoms. The van der Waals surface area contributed by atoms with Crippen LogP contribution in [0.3, 0.4) is 0 Å². The average molecular weight is 250 g/mol. The van der Waals surface area contributed by atoms with Crippen molar-refractivity contribution in [1.29, 1.82) is 0 Å². The van der Waals surface area contributed by atoms with Gasteiger partial charge in [0.2, 0.25) is 5.91 Å². The lowest BCUT2D eigenvalue weighted by Gasteiger charge is -2.08. The van der Waals surface area contributed by atoms with Crippen LogP contribution in [0.25, 0.3) is 0 Å². The molecule has 0 unspecified atom stereocenters. The molecule has 0 fully saturated rings. The summed E-state index contributed by atoms with van der Waals surface area (Å²) >= 11 is 0. The van der Waals surface area contributed by atoms with Crippen LogP contribution in [0.1, 0.15) is 30.6 Å². The van der Waals surface area contributed by atoms with E-state index in [-0.39, 0.29) is 25.0 Å². The van der Waals surface area contributed by atoms with E-state index in [2.05, 4.69) is 5.32 Å². The van der Waals surface area contributed by atoms with E-state index in [0.717, 1.165) is 0 Å². The van der Waals surface area contributed by atoms with Crippen molar-refractivity contribution in [3.8, 4) is 0 Å². The van der Waals surface area contributed by atoms with Crippen LogP contribution in [0.5, 0.6) is 0 Å². The van der Waals surface area contributed by atoms with Gasteiger partial charge >= 0.3 is 5.97 Å². The van der Waals surface area contributed by atoms with Gasteiger partial charge in [-0.05, 0) is 32.0 Å². The minimum atomic E-state index is -0.473. The van der Waals surface area contributed by atoms with Crippen molar-refractivity contribution in [2.45, 2.75) is 26.3 Å². The summed E-state index contributed by atoms with van der Waals surface area (Å²) in [5, 5.41) is 2.72. The molecule has 0 aliphatic carbocycles. The van der Waals surface area contributed by atoms with E-state index in [1.165, 1.54) is 6.07 Å². The number of hydrogen-bond acceptors (Lipinski definition) is 4. The number of esters is 1. The Balaban J connectivity index is 2.36. The number of nitrogens with one attached hydrogen (secondary N) is 1. The predicted molar refractivity (Wildman–Crippen MR) is 69.0 cm³/mol. The van der Waals surface area contributed by atoms with Gasteiger partial charge in [-0.2, -0.15) is 0 Å². The number of nitrogen functional groups attached to an aromatic ring is 1. The fourth-order valence-corrected chi connectivity index (χ4v) is 1.38. The minimum absolute atomic E-state index is 0.0617. The van der Waals surface area contributed by atoms with Crippen molar-refractivity contribution >= 4 is 17.6 Å². The van der Waals surface area contributed by atoms with Gasteiger partial charge in [-0.3, -0.25) is 4.79 Å². The number of carbonyl (C=O) groups is 2. The van der Waals surface area contributed by atoms with Crippen LogP contribution in [0.4, 0.5) is 5.69 Å². The maximum atomic E-state index is 11.6. The number of amides is 1. The summed E-state index contributed by atoms with van der Waals surface area (Å²) in [4.78, 5) is 22.9. The molecule has 1 aromatic rings. The van der Waals surface area contributed by atoms with Crippen LogP contribution < -0.4 is 11.1 Å². The molecule has 0 spiro atoms. The second-order valence-corrected chi connectivity index (χ2v) is 4.23. The summed E-state index contributed by atoms with van der Waals surface area (Å²) in [5.41, 5.74) is 6.45. The van der Waals surface area contributed by atoms with Crippen LogP contribution >= 0.6 is 0 Å². The maximum absolute atomic E-state index is 11.6. The van der Waals surface area contributed by atoms with Crippen LogP contribution in [-0.4, -0.2) is 24.5 Å². The predicted octanol–water partition coefficient (Wildman–Crippen LogP) is 1.34. The van der Waals surface area contributed by atoms with Gasteiger partial charge in [-0.1, -0.05) is 6.07 Å². The first-order valence-electron chi connectivity index (χ1n) is 5.81. The SMILES string of the molecule is CC(C)NC(=O)CCOC(=O)c1cccc(N)c1. The first-order valence-corrected chi connectivity index (χ1v) is 5.81. The lowest BCUT2D eigenvalue weighted by molar-refractivity contribution is -0.122. The summed E-state index contributed by atoms with van der Waals surface area (Å²) in [6, 6.07) is 6.61. The smallest absolute Gasteiger partial charge is 0.338 e. The van der Waals surface area contributed by atoms with Crippen LogP contribution in [-0.2, 0) is 9.53 Å². The van der Waals surface area contributed by atoms with Gasteiger partial charge in [0.25, 0.3) is 0 Å². The van der Waals surface area contributed by atoms with E-state index < -0.39 is 5.97 Å². The van der Waals surface area contributed by atoms with Gasteiger partial charge in [0, 0.05) is 11.7 Å². The molecule has 0 aromatic heterocycles. The Labute approximate surface area is 106 Å². The highest BCUT2D eigenvalue weighted by Gasteiger charge is 2.09. The van der Waals surface area contributed by atoms with Gasteiger partial charge < -0.3 is 15.8 Å². The standard InChI is InChI=1S/C13H18N2O3/c1-9(2)15-12(16)6-7-18-13(17)10-4-3-5-11(14)8-10/h3-5,8-9H,6-7,14H2,1-2H3,(H,15,16). The highest BCUT2D eigenvalue weighted by Crippen LogP contribution is 2.07. The zero-order valence-corrected chi connectivity index (χ0v) is 10.6. The number of benzene rings is 1. The van der Waals surface area contributed by atoms with Gasteiger partial charge in [0.15, 0.2) is 0 Å². The third kappa shape index (κ3) is 4.86. The summed E-state index contributed by atoms with van der Waals surface area (Å²) in [7, 11) is 0. The number of ether oxygens (including phenoxy) is 1. The topological polar surface area (TPSA) is 81.4 Å². The van der Waals surface area contributed by atoms with Gasteiger partial charge in [0.05, 0.1) is 12.0 Å². The van der Waals surface area contributed by atoms with Crippen molar-refractivity contribution in [3.63, 3.8) is 0 Å². The molecule has 0 atom stereocenters.